The minimum absolute atomic E-state index is 0.907. The minimum atomic E-state index is 0.907. The van der Waals surface area contributed by atoms with Crippen molar-refractivity contribution in [3.8, 4) is 0 Å². The first-order valence-corrected chi connectivity index (χ1v) is 14.0. The predicted molar refractivity (Wildman–Crippen MR) is 163 cm³/mol. The van der Waals surface area contributed by atoms with Crippen molar-refractivity contribution >= 4 is 59.2 Å². The van der Waals surface area contributed by atoms with Crippen molar-refractivity contribution in [1.29, 1.82) is 0 Å². The van der Waals surface area contributed by atoms with Crippen LogP contribution < -0.4 is 0 Å². The predicted octanol–water partition coefficient (Wildman–Crippen LogP) is 10.7. The maximum Gasteiger partial charge on any atom is 0.0700 e. The molecule has 0 N–H and O–H groups in total. The van der Waals surface area contributed by atoms with E-state index in [4.69, 9.17) is 0 Å². The van der Waals surface area contributed by atoms with E-state index in [0.29, 0.717) is 0 Å². The fourth-order valence-electron chi connectivity index (χ4n) is 2.60. The number of rotatable bonds is 7. The highest BCUT2D eigenvalue weighted by atomic mass is 32.2. The maximum atomic E-state index is 3.66. The number of hydrogen-bond acceptors (Lipinski definition) is 4. The maximum absolute atomic E-state index is 3.66. The van der Waals surface area contributed by atoms with Crippen molar-refractivity contribution in [2.45, 2.75) is 0 Å². The van der Waals surface area contributed by atoms with E-state index in [-0.39, 0.29) is 0 Å². The van der Waals surface area contributed by atoms with Crippen LogP contribution in [0.15, 0.2) is 152 Å². The Kier molecular flexibility index (Phi) is 11.3. The van der Waals surface area contributed by atoms with Gasteiger partial charge in [-0.25, -0.2) is 0 Å². The zero-order valence-electron chi connectivity index (χ0n) is 18.8. The lowest BCUT2D eigenvalue weighted by Crippen LogP contribution is -1.71. The molecule has 0 saturated carbocycles. The first-order chi connectivity index (χ1) is 16.7. The van der Waals surface area contributed by atoms with Gasteiger partial charge in [-0.1, -0.05) is 164 Å². The molecule has 0 spiro atoms. The number of allylic oxidation sites excluding steroid dienone is 7. The van der Waals surface area contributed by atoms with E-state index < -0.39 is 0 Å². The zero-order chi connectivity index (χ0) is 24.0. The highest BCUT2D eigenvalue weighted by Crippen LogP contribution is 2.55. The summed E-state index contributed by atoms with van der Waals surface area (Å²) in [6, 6.07) is 20.9. The topological polar surface area (TPSA) is 0 Å². The second kappa shape index (κ2) is 14.7. The highest BCUT2D eigenvalue weighted by molar-refractivity contribution is 8.33. The van der Waals surface area contributed by atoms with Crippen molar-refractivity contribution in [2.75, 3.05) is 0 Å². The Balaban J connectivity index is 0.000000350. The van der Waals surface area contributed by atoms with Crippen molar-refractivity contribution in [2.24, 2.45) is 0 Å². The van der Waals surface area contributed by atoms with E-state index in [1.165, 1.54) is 29.4 Å². The summed E-state index contributed by atoms with van der Waals surface area (Å²) in [5.74, 6) is 0. The molecular formula is C30H26S4. The van der Waals surface area contributed by atoms with Crippen LogP contribution in [0.1, 0.15) is 11.1 Å². The molecule has 34 heavy (non-hydrogen) atoms. The van der Waals surface area contributed by atoms with E-state index in [1.54, 1.807) is 12.2 Å². The molecule has 0 saturated heterocycles. The second-order valence-corrected chi connectivity index (χ2v) is 11.4. The summed E-state index contributed by atoms with van der Waals surface area (Å²) in [6.07, 6.45) is 15.8. The van der Waals surface area contributed by atoms with E-state index in [2.05, 4.69) is 103 Å². The van der Waals surface area contributed by atoms with Crippen LogP contribution >= 0.6 is 47.0 Å². The second-order valence-electron chi connectivity index (χ2n) is 6.92. The van der Waals surface area contributed by atoms with Gasteiger partial charge in [0.15, 0.2) is 0 Å². The largest absolute Gasteiger partial charge is 0.0991 e. The van der Waals surface area contributed by atoms with E-state index in [9.17, 15) is 0 Å². The Morgan fingerprint density at radius 1 is 0.647 bits per heavy atom. The van der Waals surface area contributed by atoms with Gasteiger partial charge in [0, 0.05) is 9.81 Å². The molecule has 0 unspecified atom stereocenters. The lowest BCUT2D eigenvalue weighted by atomic mass is 10.2. The smallest absolute Gasteiger partial charge is 0.0700 e. The number of thioether (sulfide) groups is 4. The molecule has 2 aliphatic heterocycles. The average molecular weight is 515 g/mol. The molecule has 0 bridgehead atoms. The quantitative estimate of drug-likeness (QED) is 0.337. The van der Waals surface area contributed by atoms with Gasteiger partial charge in [-0.15, -0.1) is 0 Å². The van der Waals surface area contributed by atoms with Gasteiger partial charge in [0.2, 0.25) is 0 Å². The van der Waals surface area contributed by atoms with Crippen LogP contribution in [0, 0.1) is 0 Å². The molecule has 0 aliphatic carbocycles. The van der Waals surface area contributed by atoms with Crippen molar-refractivity contribution in [3.63, 3.8) is 0 Å². The summed E-state index contributed by atoms with van der Waals surface area (Å²) in [5.41, 5.74) is 3.38. The molecule has 0 radical (unpaired) electrons. The van der Waals surface area contributed by atoms with Gasteiger partial charge >= 0.3 is 0 Å². The molecule has 0 aromatic heterocycles. The van der Waals surface area contributed by atoms with Crippen molar-refractivity contribution in [1.82, 2.24) is 0 Å². The molecule has 0 atom stereocenters. The molecule has 0 amide bonds. The van der Waals surface area contributed by atoms with Crippen LogP contribution in [0.3, 0.4) is 0 Å². The molecule has 4 rings (SSSR count). The molecule has 2 heterocycles. The summed E-state index contributed by atoms with van der Waals surface area (Å²) >= 11 is 7.38. The molecule has 0 fully saturated rings. The molecule has 2 aromatic rings. The SMILES string of the molecule is C1=C(/C=C/c2ccccc2)S/C(=C2\SC=C(/C=C/c3ccccc3)S2)S1.C=C/C=C\C(=C)C=C. The Hall–Kier alpha value is -2.50. The van der Waals surface area contributed by atoms with Gasteiger partial charge in [0.05, 0.1) is 8.47 Å². The lowest BCUT2D eigenvalue weighted by molar-refractivity contribution is 1.66. The fraction of sp³-hybridized carbons (Fsp3) is 0. The lowest BCUT2D eigenvalue weighted by Gasteiger charge is -2.01. The first-order valence-electron chi connectivity index (χ1n) is 10.6. The first kappa shape index (κ1) is 26.1. The highest BCUT2D eigenvalue weighted by Gasteiger charge is 2.20. The van der Waals surface area contributed by atoms with E-state index >= 15 is 0 Å². The summed E-state index contributed by atoms with van der Waals surface area (Å²) in [4.78, 5) is 2.60. The summed E-state index contributed by atoms with van der Waals surface area (Å²) in [7, 11) is 0. The average Bonchev–Trinajstić information content (AvgIpc) is 3.56. The van der Waals surface area contributed by atoms with E-state index in [0.717, 1.165) is 5.57 Å². The van der Waals surface area contributed by atoms with Gasteiger partial charge in [0.1, 0.15) is 0 Å². The van der Waals surface area contributed by atoms with Gasteiger partial charge in [0.25, 0.3) is 0 Å². The van der Waals surface area contributed by atoms with Crippen LogP contribution in [-0.2, 0) is 0 Å². The van der Waals surface area contributed by atoms with Gasteiger partial charge in [-0.3, -0.25) is 0 Å². The van der Waals surface area contributed by atoms with Gasteiger partial charge in [-0.05, 0) is 39.7 Å². The van der Waals surface area contributed by atoms with Crippen LogP contribution in [0.25, 0.3) is 12.2 Å². The molecule has 2 aliphatic rings. The number of hydrogen-bond donors (Lipinski definition) is 0. The Labute approximate surface area is 220 Å². The van der Waals surface area contributed by atoms with Crippen LogP contribution in [0.4, 0.5) is 0 Å². The third-order valence-corrected chi connectivity index (χ3v) is 9.57. The summed E-state index contributed by atoms with van der Waals surface area (Å²) in [5, 5.41) is 4.48. The van der Waals surface area contributed by atoms with Crippen LogP contribution in [0.5, 0.6) is 0 Å². The molecule has 170 valence electrons. The normalized spacial score (nSPS) is 17.5. The monoisotopic (exact) mass is 514 g/mol. The molecule has 0 nitrogen and oxygen atoms in total. The van der Waals surface area contributed by atoms with Gasteiger partial charge < -0.3 is 0 Å². The van der Waals surface area contributed by atoms with Crippen molar-refractivity contribution in [3.05, 3.63) is 163 Å². The Morgan fingerprint density at radius 2 is 1.12 bits per heavy atom. The molecule has 2 aromatic carbocycles. The molecule has 4 heteroatoms. The Bertz CT molecular complexity index is 1100. The Morgan fingerprint density at radius 3 is 1.53 bits per heavy atom. The standard InChI is InChI=1S/C22H16S4.C8H10/c1-3-7-17(8-4-1)11-13-19-15-23-21(25-19)22-24-16-20(26-22)14-12-18-9-5-2-6-10-18;1-4-6-7-8(3)5-2/h1-16H;4-7H,1-3H2/b13-11+,14-12+,22-21+;7-6-. The number of benzene rings is 2. The van der Waals surface area contributed by atoms with Gasteiger partial charge in [-0.2, -0.15) is 0 Å². The summed E-state index contributed by atoms with van der Waals surface area (Å²) < 4.78 is 2.76. The minimum Gasteiger partial charge on any atom is -0.0991 e. The zero-order valence-corrected chi connectivity index (χ0v) is 22.1. The van der Waals surface area contributed by atoms with E-state index in [1.807, 2.05) is 71.3 Å². The van der Waals surface area contributed by atoms with Crippen LogP contribution in [-0.4, -0.2) is 0 Å². The fourth-order valence-corrected chi connectivity index (χ4v) is 7.27. The third-order valence-electron chi connectivity index (χ3n) is 4.34. The molecular weight excluding hydrogens is 489 g/mol. The van der Waals surface area contributed by atoms with Crippen molar-refractivity contribution < 1.29 is 0 Å². The summed E-state index contributed by atoms with van der Waals surface area (Å²) in [6.45, 7) is 10.7. The van der Waals surface area contributed by atoms with Crippen LogP contribution in [0.2, 0.25) is 0 Å². The third kappa shape index (κ3) is 9.03.